The largest absolute Gasteiger partial charge is 0.495 e. The van der Waals surface area contributed by atoms with Gasteiger partial charge in [0.15, 0.2) is 5.82 Å². The van der Waals surface area contributed by atoms with Gasteiger partial charge in [-0.05, 0) is 49.0 Å². The zero-order valence-corrected chi connectivity index (χ0v) is 22.3. The van der Waals surface area contributed by atoms with Crippen molar-refractivity contribution in [1.29, 1.82) is 0 Å². The molecule has 1 aliphatic rings. The summed E-state index contributed by atoms with van der Waals surface area (Å²) in [6.07, 6.45) is 0. The molecule has 0 atom stereocenters. The first-order chi connectivity index (χ1) is 17.9. The van der Waals surface area contributed by atoms with Crippen molar-refractivity contribution in [2.45, 2.75) is 0 Å². The number of methoxy groups -OCH3 is 2. The lowest BCUT2D eigenvalue weighted by Gasteiger charge is -2.34. The highest BCUT2D eigenvalue weighted by Gasteiger charge is 2.20. The summed E-state index contributed by atoms with van der Waals surface area (Å²) in [6.45, 7) is 4.00. The zero-order chi connectivity index (χ0) is 26.1. The number of H-pyrrole nitrogens is 1. The number of carbonyl (C=O) groups is 1. The van der Waals surface area contributed by atoms with E-state index in [0.29, 0.717) is 44.0 Å². The van der Waals surface area contributed by atoms with E-state index in [4.69, 9.17) is 32.7 Å². The van der Waals surface area contributed by atoms with Gasteiger partial charge in [0.2, 0.25) is 0 Å². The van der Waals surface area contributed by atoms with E-state index in [0.717, 1.165) is 42.8 Å². The van der Waals surface area contributed by atoms with Gasteiger partial charge in [0, 0.05) is 54.4 Å². The van der Waals surface area contributed by atoms with Crippen LogP contribution in [-0.4, -0.2) is 68.5 Å². The number of hydrogen-bond acceptors (Lipinski definition) is 6. The lowest BCUT2D eigenvalue weighted by Crippen LogP contribution is -2.44. The molecule has 0 saturated carbocycles. The van der Waals surface area contributed by atoms with Crippen LogP contribution in [0, 0.1) is 0 Å². The summed E-state index contributed by atoms with van der Waals surface area (Å²) >= 11 is 13.2. The minimum absolute atomic E-state index is 0.231. The van der Waals surface area contributed by atoms with Crippen LogP contribution in [0.4, 0.5) is 11.5 Å². The van der Waals surface area contributed by atoms with Crippen LogP contribution in [0.5, 0.6) is 11.5 Å². The molecule has 4 aromatic rings. The number of likely N-dealkylation sites (N-methyl/N-ethyl adjacent to an activating group) is 1. The van der Waals surface area contributed by atoms with Crippen molar-refractivity contribution >= 4 is 51.5 Å². The Morgan fingerprint density at radius 2 is 1.59 bits per heavy atom. The quantitative estimate of drug-likeness (QED) is 0.334. The summed E-state index contributed by atoms with van der Waals surface area (Å²) in [5.41, 5.74) is 3.73. The number of benzene rings is 3. The Bertz CT molecular complexity index is 1420. The number of nitrogens with one attached hydrogen (secondary N) is 2. The number of carbonyl (C=O) groups excluding carboxylic acids is 1. The maximum absolute atomic E-state index is 13.0. The molecule has 37 heavy (non-hydrogen) atoms. The number of piperazine rings is 1. The number of nitrogens with zero attached hydrogens (tertiary/aromatic N) is 3. The summed E-state index contributed by atoms with van der Waals surface area (Å²) in [5, 5.41) is 11.7. The third-order valence-electron chi connectivity index (χ3n) is 6.66. The molecule has 0 unspecified atom stereocenters. The number of ether oxygens (including phenoxy) is 2. The van der Waals surface area contributed by atoms with Gasteiger partial charge in [-0.15, -0.1) is 0 Å². The summed E-state index contributed by atoms with van der Waals surface area (Å²) in [7, 11) is 5.20. The second-order valence-corrected chi connectivity index (χ2v) is 9.66. The molecule has 0 aliphatic carbocycles. The topological polar surface area (TPSA) is 82.7 Å². The molecule has 1 fully saturated rings. The van der Waals surface area contributed by atoms with Crippen molar-refractivity contribution in [2.75, 3.05) is 57.7 Å². The van der Waals surface area contributed by atoms with Gasteiger partial charge in [0.05, 0.1) is 29.8 Å². The van der Waals surface area contributed by atoms with E-state index < -0.39 is 0 Å². The summed E-state index contributed by atoms with van der Waals surface area (Å²) in [6, 6.07) is 14.9. The SMILES string of the molecule is COc1cc(OC)c(Cl)c(-c2ccc3c(NC(=O)c4ccc(N5CCN(C)CC5)cc4)n[nH]c3c2)c1Cl. The van der Waals surface area contributed by atoms with Gasteiger partial charge in [-0.1, -0.05) is 29.3 Å². The van der Waals surface area contributed by atoms with E-state index in [1.54, 1.807) is 6.07 Å². The number of aromatic nitrogens is 2. The Balaban J connectivity index is 1.37. The smallest absolute Gasteiger partial charge is 0.256 e. The number of halogens is 2. The number of fused-ring (bicyclic) bond motifs is 1. The molecule has 1 aromatic heterocycles. The minimum Gasteiger partial charge on any atom is -0.495 e. The van der Waals surface area contributed by atoms with Crippen LogP contribution in [0.1, 0.15) is 10.4 Å². The molecule has 5 rings (SSSR count). The molecule has 1 saturated heterocycles. The van der Waals surface area contributed by atoms with E-state index in [1.165, 1.54) is 14.2 Å². The Kier molecular flexibility index (Phi) is 7.15. The lowest BCUT2D eigenvalue weighted by atomic mass is 10.0. The van der Waals surface area contributed by atoms with E-state index in [9.17, 15) is 4.79 Å². The average Bonchev–Trinajstić information content (AvgIpc) is 3.31. The van der Waals surface area contributed by atoms with Crippen LogP contribution in [-0.2, 0) is 0 Å². The summed E-state index contributed by atoms with van der Waals surface area (Å²) < 4.78 is 10.8. The van der Waals surface area contributed by atoms with Gasteiger partial charge < -0.3 is 24.6 Å². The van der Waals surface area contributed by atoms with Crippen LogP contribution in [0.25, 0.3) is 22.0 Å². The van der Waals surface area contributed by atoms with Crippen molar-refractivity contribution < 1.29 is 14.3 Å². The maximum Gasteiger partial charge on any atom is 0.256 e. The molecule has 0 radical (unpaired) electrons. The molecule has 3 aromatic carbocycles. The molecule has 1 aliphatic heterocycles. The van der Waals surface area contributed by atoms with E-state index in [2.05, 4.69) is 32.4 Å². The maximum atomic E-state index is 13.0. The molecular weight excluding hydrogens is 513 g/mol. The van der Waals surface area contributed by atoms with E-state index >= 15 is 0 Å². The van der Waals surface area contributed by atoms with Gasteiger partial charge in [-0.25, -0.2) is 0 Å². The molecule has 0 bridgehead atoms. The van der Waals surface area contributed by atoms with Crippen LogP contribution in [0.2, 0.25) is 10.0 Å². The molecule has 8 nitrogen and oxygen atoms in total. The molecule has 2 heterocycles. The third-order valence-corrected chi connectivity index (χ3v) is 7.41. The number of amides is 1. The van der Waals surface area contributed by atoms with Crippen molar-refractivity contribution in [3.63, 3.8) is 0 Å². The number of rotatable bonds is 6. The second-order valence-electron chi connectivity index (χ2n) is 8.91. The summed E-state index contributed by atoms with van der Waals surface area (Å²) in [5.74, 6) is 1.12. The Morgan fingerprint density at radius 3 is 2.22 bits per heavy atom. The van der Waals surface area contributed by atoms with E-state index in [1.807, 2.05) is 42.5 Å². The Hall–Kier alpha value is -3.46. The Labute approximate surface area is 225 Å². The highest BCUT2D eigenvalue weighted by molar-refractivity contribution is 6.41. The molecule has 10 heteroatoms. The fraction of sp³-hybridized carbons (Fsp3) is 0.259. The monoisotopic (exact) mass is 539 g/mol. The highest BCUT2D eigenvalue weighted by atomic mass is 35.5. The molecule has 2 N–H and O–H groups in total. The molecule has 1 amide bonds. The first kappa shape index (κ1) is 25.2. The predicted octanol–water partition coefficient (Wildman–Crippen LogP) is 5.56. The first-order valence-corrected chi connectivity index (χ1v) is 12.6. The molecular formula is C27H27Cl2N5O3. The normalized spacial score (nSPS) is 14.1. The highest BCUT2D eigenvalue weighted by Crippen LogP contribution is 2.46. The van der Waals surface area contributed by atoms with Gasteiger partial charge in [0.25, 0.3) is 5.91 Å². The van der Waals surface area contributed by atoms with Crippen molar-refractivity contribution in [3.05, 3.63) is 64.1 Å². The van der Waals surface area contributed by atoms with Gasteiger partial charge >= 0.3 is 0 Å². The lowest BCUT2D eigenvalue weighted by molar-refractivity contribution is 0.102. The average molecular weight is 540 g/mol. The second kappa shape index (κ2) is 10.5. The van der Waals surface area contributed by atoms with Crippen molar-refractivity contribution in [1.82, 2.24) is 15.1 Å². The predicted molar refractivity (Wildman–Crippen MR) is 149 cm³/mol. The van der Waals surface area contributed by atoms with Crippen LogP contribution in [0.15, 0.2) is 48.5 Å². The van der Waals surface area contributed by atoms with Crippen LogP contribution in [0.3, 0.4) is 0 Å². The molecule has 192 valence electrons. The van der Waals surface area contributed by atoms with Crippen LogP contribution >= 0.6 is 23.2 Å². The number of hydrogen-bond donors (Lipinski definition) is 2. The fourth-order valence-electron chi connectivity index (χ4n) is 4.48. The van der Waals surface area contributed by atoms with E-state index in [-0.39, 0.29) is 5.91 Å². The third kappa shape index (κ3) is 4.92. The Morgan fingerprint density at radius 1 is 0.946 bits per heavy atom. The first-order valence-electron chi connectivity index (χ1n) is 11.8. The number of aromatic amines is 1. The van der Waals surface area contributed by atoms with Crippen molar-refractivity contribution in [2.24, 2.45) is 0 Å². The fourth-order valence-corrected chi connectivity index (χ4v) is 5.20. The van der Waals surface area contributed by atoms with Gasteiger partial charge in [-0.3, -0.25) is 9.89 Å². The summed E-state index contributed by atoms with van der Waals surface area (Å²) in [4.78, 5) is 17.6. The molecule has 0 spiro atoms. The minimum atomic E-state index is -0.231. The van der Waals surface area contributed by atoms with Crippen LogP contribution < -0.4 is 19.7 Å². The standard InChI is InChI=1S/C27H27Cl2N5O3/c1-33-10-12-34(13-11-33)18-7-4-16(5-8-18)27(35)30-26-19-9-6-17(14-20(19)31-32-26)23-24(28)21(36-2)15-22(37-3)25(23)29/h4-9,14-15H,10-13H2,1-3H3,(H2,30,31,32,35). The van der Waals surface area contributed by atoms with Crippen molar-refractivity contribution in [3.8, 4) is 22.6 Å². The van der Waals surface area contributed by atoms with Gasteiger partial charge in [-0.2, -0.15) is 5.10 Å². The zero-order valence-electron chi connectivity index (χ0n) is 20.8. The number of anilines is 2. The van der Waals surface area contributed by atoms with Gasteiger partial charge in [0.1, 0.15) is 11.5 Å².